The molecule has 148 valence electrons. The molecule has 1 saturated heterocycles. The Balaban J connectivity index is 1.55. The van der Waals surface area contributed by atoms with Crippen molar-refractivity contribution in [3.8, 4) is 0 Å². The smallest absolute Gasteiger partial charge is 0.270 e. The Bertz CT molecular complexity index is 798. The molecular formula is C22H29N5O. The van der Waals surface area contributed by atoms with Crippen LogP contribution in [0.4, 0.5) is 5.95 Å². The van der Waals surface area contributed by atoms with Crippen LogP contribution in [-0.4, -0.2) is 60.0 Å². The van der Waals surface area contributed by atoms with Crippen molar-refractivity contribution in [2.24, 2.45) is 0 Å². The van der Waals surface area contributed by atoms with Gasteiger partial charge in [0.05, 0.1) is 0 Å². The molecule has 0 spiro atoms. The lowest BCUT2D eigenvalue weighted by Crippen LogP contribution is -2.47. The van der Waals surface area contributed by atoms with Crippen molar-refractivity contribution in [2.45, 2.75) is 20.3 Å². The highest BCUT2D eigenvalue weighted by molar-refractivity contribution is 5.92. The van der Waals surface area contributed by atoms with E-state index in [1.54, 1.807) is 6.07 Å². The summed E-state index contributed by atoms with van der Waals surface area (Å²) in [6.07, 6.45) is 5.28. The normalized spacial score (nSPS) is 15.1. The average Bonchev–Trinajstić information content (AvgIpc) is 2.73. The number of rotatable bonds is 7. The molecule has 3 rings (SSSR count). The Morgan fingerprint density at radius 2 is 1.89 bits per heavy atom. The Hall–Kier alpha value is -2.73. The fourth-order valence-corrected chi connectivity index (χ4v) is 3.17. The van der Waals surface area contributed by atoms with E-state index >= 15 is 0 Å². The summed E-state index contributed by atoms with van der Waals surface area (Å²) in [5, 5.41) is 2.89. The van der Waals surface area contributed by atoms with Crippen LogP contribution in [0.15, 0.2) is 42.5 Å². The zero-order valence-corrected chi connectivity index (χ0v) is 16.8. The number of aromatic nitrogens is 2. The van der Waals surface area contributed by atoms with Gasteiger partial charge in [-0.2, -0.15) is 0 Å². The highest BCUT2D eigenvalue weighted by Crippen LogP contribution is 2.13. The molecule has 1 amide bonds. The van der Waals surface area contributed by atoms with E-state index in [0.717, 1.165) is 44.8 Å². The molecule has 1 aliphatic heterocycles. The van der Waals surface area contributed by atoms with E-state index in [1.807, 2.05) is 19.9 Å². The number of carbonyl (C=O) groups is 1. The number of carbonyl (C=O) groups excluding carboxylic acids is 1. The minimum atomic E-state index is -0.127. The lowest BCUT2D eigenvalue weighted by Gasteiger charge is -2.34. The van der Waals surface area contributed by atoms with Gasteiger partial charge in [-0.05, 0) is 25.0 Å². The summed E-state index contributed by atoms with van der Waals surface area (Å²) in [5.74, 6) is 0.527. The molecule has 28 heavy (non-hydrogen) atoms. The van der Waals surface area contributed by atoms with E-state index in [1.165, 1.54) is 5.56 Å². The molecule has 6 nitrogen and oxygen atoms in total. The van der Waals surface area contributed by atoms with Crippen LogP contribution in [-0.2, 0) is 0 Å². The van der Waals surface area contributed by atoms with Crippen LogP contribution in [0.2, 0.25) is 0 Å². The van der Waals surface area contributed by atoms with Gasteiger partial charge >= 0.3 is 0 Å². The summed E-state index contributed by atoms with van der Waals surface area (Å²) < 4.78 is 0. The van der Waals surface area contributed by atoms with Crippen molar-refractivity contribution >= 4 is 17.9 Å². The molecule has 1 N–H and O–H groups in total. The molecule has 2 aromatic rings. The SMILES string of the molecule is CCCNC(=O)c1cc(C)nc(N2CCN(C/C=C/c3ccccc3)CC2)n1. The van der Waals surface area contributed by atoms with Gasteiger partial charge in [-0.1, -0.05) is 49.4 Å². The molecule has 2 heterocycles. The number of piperazine rings is 1. The van der Waals surface area contributed by atoms with Crippen molar-refractivity contribution in [3.63, 3.8) is 0 Å². The second-order valence-corrected chi connectivity index (χ2v) is 7.05. The number of aryl methyl sites for hydroxylation is 1. The zero-order valence-electron chi connectivity index (χ0n) is 16.8. The maximum Gasteiger partial charge on any atom is 0.270 e. The number of hydrogen-bond acceptors (Lipinski definition) is 5. The lowest BCUT2D eigenvalue weighted by molar-refractivity contribution is 0.0948. The first kappa shape index (κ1) is 20.0. The maximum absolute atomic E-state index is 12.2. The summed E-state index contributed by atoms with van der Waals surface area (Å²) in [6.45, 7) is 9.16. The van der Waals surface area contributed by atoms with Gasteiger partial charge in [0.25, 0.3) is 5.91 Å². The molecule has 0 radical (unpaired) electrons. The van der Waals surface area contributed by atoms with E-state index in [0.29, 0.717) is 18.2 Å². The van der Waals surface area contributed by atoms with Crippen LogP contribution in [0.25, 0.3) is 6.08 Å². The van der Waals surface area contributed by atoms with E-state index in [9.17, 15) is 4.79 Å². The molecule has 0 saturated carbocycles. The van der Waals surface area contributed by atoms with E-state index < -0.39 is 0 Å². The fourth-order valence-electron chi connectivity index (χ4n) is 3.17. The second kappa shape index (κ2) is 9.99. The minimum absolute atomic E-state index is 0.127. The first-order chi connectivity index (χ1) is 13.7. The number of hydrogen-bond donors (Lipinski definition) is 1. The van der Waals surface area contributed by atoms with Gasteiger partial charge in [0.2, 0.25) is 5.95 Å². The first-order valence-electron chi connectivity index (χ1n) is 9.98. The van der Waals surface area contributed by atoms with E-state index in [2.05, 4.69) is 61.5 Å². The molecule has 6 heteroatoms. The predicted octanol–water partition coefficient (Wildman–Crippen LogP) is 2.76. The number of amides is 1. The minimum Gasteiger partial charge on any atom is -0.351 e. The Morgan fingerprint density at radius 1 is 1.14 bits per heavy atom. The summed E-state index contributed by atoms with van der Waals surface area (Å²) in [6, 6.07) is 12.1. The van der Waals surface area contributed by atoms with Gasteiger partial charge in [-0.15, -0.1) is 0 Å². The Kier molecular flexibility index (Phi) is 7.14. The average molecular weight is 380 g/mol. The molecule has 1 aromatic heterocycles. The van der Waals surface area contributed by atoms with Crippen molar-refractivity contribution in [3.05, 3.63) is 59.4 Å². The molecule has 0 atom stereocenters. The molecule has 1 aromatic carbocycles. The van der Waals surface area contributed by atoms with Gasteiger partial charge in [-0.25, -0.2) is 9.97 Å². The predicted molar refractivity (Wildman–Crippen MR) is 114 cm³/mol. The molecule has 0 unspecified atom stereocenters. The highest BCUT2D eigenvalue weighted by Gasteiger charge is 2.20. The summed E-state index contributed by atoms with van der Waals surface area (Å²) in [7, 11) is 0. The molecule has 1 fully saturated rings. The molecule has 0 aliphatic carbocycles. The lowest BCUT2D eigenvalue weighted by atomic mass is 10.2. The number of anilines is 1. The van der Waals surface area contributed by atoms with Crippen LogP contribution in [0.3, 0.4) is 0 Å². The molecule has 0 bridgehead atoms. The topological polar surface area (TPSA) is 61.4 Å². The van der Waals surface area contributed by atoms with Crippen LogP contribution >= 0.6 is 0 Å². The van der Waals surface area contributed by atoms with Crippen LogP contribution in [0, 0.1) is 6.92 Å². The quantitative estimate of drug-likeness (QED) is 0.802. The first-order valence-corrected chi connectivity index (χ1v) is 9.98. The third-order valence-electron chi connectivity index (χ3n) is 4.74. The van der Waals surface area contributed by atoms with Gasteiger partial charge in [0.1, 0.15) is 5.69 Å². The third-order valence-corrected chi connectivity index (χ3v) is 4.74. The largest absolute Gasteiger partial charge is 0.351 e. The van der Waals surface area contributed by atoms with Gasteiger partial charge in [0.15, 0.2) is 0 Å². The highest BCUT2D eigenvalue weighted by atomic mass is 16.1. The number of nitrogens with one attached hydrogen (secondary N) is 1. The van der Waals surface area contributed by atoms with Crippen molar-refractivity contribution in [1.29, 1.82) is 0 Å². The summed E-state index contributed by atoms with van der Waals surface area (Å²) in [4.78, 5) is 25.9. The monoisotopic (exact) mass is 379 g/mol. The standard InChI is InChI=1S/C22H29N5O/c1-3-11-23-21(28)20-17-18(2)24-22(25-20)27-15-13-26(14-16-27)12-7-10-19-8-5-4-6-9-19/h4-10,17H,3,11-16H2,1-2H3,(H,23,28)/b10-7+. The fraction of sp³-hybridized carbons (Fsp3) is 0.409. The Morgan fingerprint density at radius 3 is 2.61 bits per heavy atom. The van der Waals surface area contributed by atoms with Crippen molar-refractivity contribution < 1.29 is 4.79 Å². The van der Waals surface area contributed by atoms with Gasteiger partial charge < -0.3 is 10.2 Å². The molecule has 1 aliphatic rings. The second-order valence-electron chi connectivity index (χ2n) is 7.05. The van der Waals surface area contributed by atoms with Crippen molar-refractivity contribution in [2.75, 3.05) is 44.2 Å². The van der Waals surface area contributed by atoms with E-state index in [4.69, 9.17) is 0 Å². The summed E-state index contributed by atoms with van der Waals surface area (Å²) >= 11 is 0. The van der Waals surface area contributed by atoms with Crippen LogP contribution < -0.4 is 10.2 Å². The van der Waals surface area contributed by atoms with Crippen molar-refractivity contribution in [1.82, 2.24) is 20.2 Å². The Labute approximate surface area is 167 Å². The van der Waals surface area contributed by atoms with Gasteiger partial charge in [0, 0.05) is 45.0 Å². The molecular weight excluding hydrogens is 350 g/mol. The third kappa shape index (κ3) is 5.63. The van der Waals surface area contributed by atoms with Crippen LogP contribution in [0.1, 0.15) is 35.1 Å². The van der Waals surface area contributed by atoms with Crippen LogP contribution in [0.5, 0.6) is 0 Å². The number of nitrogens with zero attached hydrogens (tertiary/aromatic N) is 4. The summed E-state index contributed by atoms with van der Waals surface area (Å²) in [5.41, 5.74) is 2.49. The van der Waals surface area contributed by atoms with E-state index in [-0.39, 0.29) is 5.91 Å². The number of benzene rings is 1. The maximum atomic E-state index is 12.2. The zero-order chi connectivity index (χ0) is 19.8. The van der Waals surface area contributed by atoms with Gasteiger partial charge in [-0.3, -0.25) is 9.69 Å².